The van der Waals surface area contributed by atoms with E-state index in [2.05, 4.69) is 0 Å². The number of ether oxygens (including phenoxy) is 1. The minimum absolute atomic E-state index is 0.0262. The van der Waals surface area contributed by atoms with Gasteiger partial charge in [0.1, 0.15) is 17.2 Å². The van der Waals surface area contributed by atoms with Crippen LogP contribution >= 0.6 is 0 Å². The van der Waals surface area contributed by atoms with E-state index < -0.39 is 17.6 Å². The minimum Gasteiger partial charge on any atom is -0.444 e. The minimum atomic E-state index is -0.664. The Balaban J connectivity index is 2.15. The molecule has 0 spiro atoms. The lowest BCUT2D eigenvalue weighted by molar-refractivity contribution is -0.141. The van der Waals surface area contributed by atoms with Crippen molar-refractivity contribution in [2.24, 2.45) is 11.3 Å². The Labute approximate surface area is 132 Å². The molecule has 1 unspecified atom stereocenters. The molecule has 124 valence electrons. The number of likely N-dealkylation sites (tertiary alicyclic amines) is 1. The molecule has 0 N–H and O–H groups in total. The molecule has 0 aromatic rings. The van der Waals surface area contributed by atoms with Crippen molar-refractivity contribution in [1.29, 1.82) is 0 Å². The second kappa shape index (κ2) is 5.67. The highest BCUT2D eigenvalue weighted by Crippen LogP contribution is 2.38. The summed E-state index contributed by atoms with van der Waals surface area (Å²) < 4.78 is 5.42. The van der Waals surface area contributed by atoms with Gasteiger partial charge < -0.3 is 9.64 Å². The first-order chi connectivity index (χ1) is 10.0. The molecule has 5 heteroatoms. The van der Waals surface area contributed by atoms with Crippen molar-refractivity contribution in [1.82, 2.24) is 4.90 Å². The molecule has 2 rings (SSSR count). The van der Waals surface area contributed by atoms with Gasteiger partial charge in [0.05, 0.1) is 12.0 Å². The number of Topliss-reactive ketones (excluding diaryl/α,β-unsaturated/α-hetero) is 2. The summed E-state index contributed by atoms with van der Waals surface area (Å²) in [7, 11) is 0. The van der Waals surface area contributed by atoms with E-state index in [9.17, 15) is 14.4 Å². The molecule has 0 radical (unpaired) electrons. The Kier molecular flexibility index (Phi) is 4.37. The number of rotatable bonds is 1. The van der Waals surface area contributed by atoms with Gasteiger partial charge in [0.15, 0.2) is 0 Å². The summed E-state index contributed by atoms with van der Waals surface area (Å²) in [5.41, 5.74) is -0.840. The van der Waals surface area contributed by atoms with Crippen LogP contribution in [0.2, 0.25) is 0 Å². The lowest BCUT2D eigenvalue weighted by Crippen LogP contribution is -2.50. The lowest BCUT2D eigenvalue weighted by Gasteiger charge is -2.37. The summed E-state index contributed by atoms with van der Waals surface area (Å²) in [5, 5.41) is 0. The van der Waals surface area contributed by atoms with Gasteiger partial charge in [-0.3, -0.25) is 9.59 Å². The molecule has 1 saturated carbocycles. The quantitative estimate of drug-likeness (QED) is 0.699. The molecule has 22 heavy (non-hydrogen) atoms. The topological polar surface area (TPSA) is 63.7 Å². The van der Waals surface area contributed by atoms with E-state index >= 15 is 0 Å². The molecule has 0 aromatic carbocycles. The number of amides is 1. The van der Waals surface area contributed by atoms with E-state index in [0.717, 1.165) is 6.42 Å². The number of hydrogen-bond acceptors (Lipinski definition) is 4. The molecule has 0 bridgehead atoms. The van der Waals surface area contributed by atoms with Gasteiger partial charge in [0.2, 0.25) is 0 Å². The van der Waals surface area contributed by atoms with Crippen molar-refractivity contribution in [3.63, 3.8) is 0 Å². The smallest absolute Gasteiger partial charge is 0.410 e. The predicted octanol–water partition coefficient (Wildman–Crippen LogP) is 2.96. The summed E-state index contributed by atoms with van der Waals surface area (Å²) >= 11 is 0. The van der Waals surface area contributed by atoms with E-state index in [0.29, 0.717) is 25.8 Å². The van der Waals surface area contributed by atoms with Gasteiger partial charge in [0.25, 0.3) is 0 Å². The van der Waals surface area contributed by atoms with E-state index in [1.165, 1.54) is 0 Å². The molecule has 1 atom stereocenters. The summed E-state index contributed by atoms with van der Waals surface area (Å²) in [6, 6.07) is -0.328. The van der Waals surface area contributed by atoms with Crippen molar-refractivity contribution in [2.75, 3.05) is 6.54 Å². The Morgan fingerprint density at radius 2 is 1.73 bits per heavy atom. The fraction of sp³-hybridized carbons (Fsp3) is 0.824. The van der Waals surface area contributed by atoms with Gasteiger partial charge in [0, 0.05) is 19.4 Å². The van der Waals surface area contributed by atoms with Crippen molar-refractivity contribution >= 4 is 17.7 Å². The van der Waals surface area contributed by atoms with Gasteiger partial charge in [-0.1, -0.05) is 13.8 Å². The molecule has 1 amide bonds. The number of hydrogen-bond donors (Lipinski definition) is 0. The van der Waals surface area contributed by atoms with Crippen molar-refractivity contribution in [3.8, 4) is 0 Å². The van der Waals surface area contributed by atoms with Crippen LogP contribution in [-0.4, -0.2) is 40.7 Å². The fourth-order valence-electron chi connectivity index (χ4n) is 3.52. The lowest BCUT2D eigenvalue weighted by atomic mass is 9.69. The molecule has 1 heterocycles. The highest BCUT2D eigenvalue weighted by Gasteiger charge is 2.48. The molecule has 2 aliphatic rings. The number of carbonyl (C=O) groups excluding carboxylic acids is 3. The standard InChI is InChI=1S/C17H27NO4/c1-16(2,3)22-15(21)18-8-6-7-11(18)14-12(19)9-17(4,5)10-13(14)20/h11,14H,6-10H2,1-5H3. The Hall–Kier alpha value is -1.39. The molecule has 1 aliphatic carbocycles. The molecular weight excluding hydrogens is 282 g/mol. The fourth-order valence-corrected chi connectivity index (χ4v) is 3.52. The van der Waals surface area contributed by atoms with Gasteiger partial charge >= 0.3 is 6.09 Å². The third-order valence-corrected chi connectivity index (χ3v) is 4.31. The summed E-state index contributed by atoms with van der Waals surface area (Å²) in [5.74, 6) is -0.716. The summed E-state index contributed by atoms with van der Waals surface area (Å²) in [6.45, 7) is 9.89. The third kappa shape index (κ3) is 3.68. The van der Waals surface area contributed by atoms with Gasteiger partial charge in [-0.2, -0.15) is 0 Å². The van der Waals surface area contributed by atoms with Crippen LogP contribution in [0, 0.1) is 11.3 Å². The van der Waals surface area contributed by atoms with Crippen molar-refractivity contribution < 1.29 is 19.1 Å². The summed E-state index contributed by atoms with van der Waals surface area (Å²) in [4.78, 5) is 38.8. The van der Waals surface area contributed by atoms with Crippen LogP contribution in [0.25, 0.3) is 0 Å². The van der Waals surface area contributed by atoms with Crippen LogP contribution in [0.5, 0.6) is 0 Å². The zero-order chi connectivity index (χ0) is 16.7. The molecule has 0 aromatic heterocycles. The maximum atomic E-state index is 12.5. The highest BCUT2D eigenvalue weighted by atomic mass is 16.6. The van der Waals surface area contributed by atoms with Crippen LogP contribution in [0.1, 0.15) is 60.3 Å². The van der Waals surface area contributed by atoms with E-state index in [-0.39, 0.29) is 23.0 Å². The van der Waals surface area contributed by atoms with Crippen LogP contribution in [0.4, 0.5) is 4.79 Å². The predicted molar refractivity (Wildman–Crippen MR) is 82.5 cm³/mol. The largest absolute Gasteiger partial charge is 0.444 e. The van der Waals surface area contributed by atoms with Crippen LogP contribution in [0.3, 0.4) is 0 Å². The zero-order valence-electron chi connectivity index (χ0n) is 14.3. The zero-order valence-corrected chi connectivity index (χ0v) is 14.3. The molecule has 5 nitrogen and oxygen atoms in total. The molecule has 1 aliphatic heterocycles. The number of nitrogens with zero attached hydrogens (tertiary/aromatic N) is 1. The maximum absolute atomic E-state index is 12.5. The van der Waals surface area contributed by atoms with Crippen LogP contribution < -0.4 is 0 Å². The monoisotopic (exact) mass is 309 g/mol. The Morgan fingerprint density at radius 3 is 2.23 bits per heavy atom. The van der Waals surface area contributed by atoms with Gasteiger partial charge in [-0.15, -0.1) is 0 Å². The van der Waals surface area contributed by atoms with Crippen LogP contribution in [-0.2, 0) is 14.3 Å². The first-order valence-corrected chi connectivity index (χ1v) is 8.05. The third-order valence-electron chi connectivity index (χ3n) is 4.31. The first-order valence-electron chi connectivity index (χ1n) is 8.05. The van der Waals surface area contributed by atoms with E-state index in [1.807, 2.05) is 34.6 Å². The summed E-state index contributed by atoms with van der Waals surface area (Å²) in [6.07, 6.45) is 1.90. The second-order valence-electron chi connectivity index (χ2n) is 8.31. The molecule has 1 saturated heterocycles. The van der Waals surface area contributed by atoms with Gasteiger partial charge in [-0.05, 0) is 39.0 Å². The highest BCUT2D eigenvalue weighted by molar-refractivity contribution is 6.06. The van der Waals surface area contributed by atoms with E-state index in [4.69, 9.17) is 4.74 Å². The van der Waals surface area contributed by atoms with E-state index in [1.54, 1.807) is 4.90 Å². The van der Waals surface area contributed by atoms with Crippen molar-refractivity contribution in [2.45, 2.75) is 71.9 Å². The van der Waals surface area contributed by atoms with Crippen molar-refractivity contribution in [3.05, 3.63) is 0 Å². The second-order valence-corrected chi connectivity index (χ2v) is 8.31. The van der Waals surface area contributed by atoms with Gasteiger partial charge in [-0.25, -0.2) is 4.79 Å². The normalized spacial score (nSPS) is 26.4. The average Bonchev–Trinajstić information content (AvgIpc) is 2.72. The Bertz CT molecular complexity index is 469. The van der Waals surface area contributed by atoms with Crippen LogP contribution in [0.15, 0.2) is 0 Å². The maximum Gasteiger partial charge on any atom is 0.410 e. The number of carbonyl (C=O) groups is 3. The first kappa shape index (κ1) is 17.0. The molecular formula is C17H27NO4. The molecule has 2 fully saturated rings. The number of ketones is 2. The SMILES string of the molecule is CC1(C)CC(=O)C(C2CCCN2C(=O)OC(C)(C)C)C(=O)C1. The average molecular weight is 309 g/mol. The Morgan fingerprint density at radius 1 is 1.18 bits per heavy atom.